The third-order valence-electron chi connectivity index (χ3n) is 5.87. The van der Waals surface area contributed by atoms with Crippen LogP contribution in [0.15, 0.2) is 18.2 Å². The molecule has 0 radical (unpaired) electrons. The first-order valence-corrected chi connectivity index (χ1v) is 9.29. The molecule has 4 N–H and O–H groups in total. The molecule has 2 aliphatic carbocycles. The number of hydrogen-bond donors (Lipinski definition) is 2. The standard InChI is InChI=1S/C20H27N3O/c1-2-15(9-12-3-4-12)23-18-8-6-13-5-7-14(21)10-16(13)17(18)11-19(23)20(22)24/h6,8,11-12,14-15H,2-5,7,9-10,21H2,1H3,(H2,22,24). The van der Waals surface area contributed by atoms with Crippen molar-refractivity contribution in [3.63, 3.8) is 0 Å². The summed E-state index contributed by atoms with van der Waals surface area (Å²) in [6.07, 6.45) is 7.80. The Balaban J connectivity index is 1.89. The van der Waals surface area contributed by atoms with Crippen LogP contribution in [0.5, 0.6) is 0 Å². The molecule has 1 saturated carbocycles. The minimum absolute atomic E-state index is 0.219. The van der Waals surface area contributed by atoms with E-state index in [-0.39, 0.29) is 11.9 Å². The molecule has 0 spiro atoms. The minimum atomic E-state index is -0.325. The van der Waals surface area contributed by atoms with Crippen molar-refractivity contribution in [2.45, 2.75) is 64.0 Å². The van der Waals surface area contributed by atoms with Crippen LogP contribution in [0.25, 0.3) is 10.9 Å². The second-order valence-electron chi connectivity index (χ2n) is 7.64. The zero-order chi connectivity index (χ0) is 16.8. The molecule has 0 bridgehead atoms. The average molecular weight is 325 g/mol. The van der Waals surface area contributed by atoms with E-state index in [0.717, 1.165) is 43.5 Å². The lowest BCUT2D eigenvalue weighted by Crippen LogP contribution is -2.27. The second-order valence-corrected chi connectivity index (χ2v) is 7.64. The monoisotopic (exact) mass is 325 g/mol. The molecule has 1 heterocycles. The number of hydrogen-bond acceptors (Lipinski definition) is 2. The molecule has 4 nitrogen and oxygen atoms in total. The lowest BCUT2D eigenvalue weighted by molar-refractivity contribution is 0.0989. The van der Waals surface area contributed by atoms with Crippen molar-refractivity contribution in [3.8, 4) is 0 Å². The van der Waals surface area contributed by atoms with Crippen LogP contribution < -0.4 is 11.5 Å². The van der Waals surface area contributed by atoms with Crippen molar-refractivity contribution >= 4 is 16.8 Å². The maximum absolute atomic E-state index is 12.1. The number of nitrogens with two attached hydrogens (primary N) is 2. The van der Waals surface area contributed by atoms with Crippen molar-refractivity contribution < 1.29 is 4.79 Å². The molecular formula is C20H27N3O. The highest BCUT2D eigenvalue weighted by Gasteiger charge is 2.29. The molecule has 1 aromatic heterocycles. The van der Waals surface area contributed by atoms with E-state index in [1.165, 1.54) is 29.4 Å². The first-order chi connectivity index (χ1) is 11.6. The summed E-state index contributed by atoms with van der Waals surface area (Å²) in [5.41, 5.74) is 16.5. The van der Waals surface area contributed by atoms with Crippen molar-refractivity contribution in [3.05, 3.63) is 35.0 Å². The van der Waals surface area contributed by atoms with E-state index in [0.29, 0.717) is 11.7 Å². The largest absolute Gasteiger partial charge is 0.364 e. The first-order valence-electron chi connectivity index (χ1n) is 9.29. The summed E-state index contributed by atoms with van der Waals surface area (Å²) in [7, 11) is 0. The summed E-state index contributed by atoms with van der Waals surface area (Å²) in [5.74, 6) is 0.494. The predicted molar refractivity (Wildman–Crippen MR) is 97.1 cm³/mol. The number of aryl methyl sites for hydroxylation is 1. The van der Waals surface area contributed by atoms with Crippen LogP contribution in [0.1, 0.15) is 66.7 Å². The van der Waals surface area contributed by atoms with Crippen molar-refractivity contribution in [2.24, 2.45) is 17.4 Å². The van der Waals surface area contributed by atoms with E-state index in [1.54, 1.807) is 0 Å². The number of benzene rings is 1. The summed E-state index contributed by atoms with van der Waals surface area (Å²) >= 11 is 0. The molecular weight excluding hydrogens is 298 g/mol. The van der Waals surface area contributed by atoms with Gasteiger partial charge in [0, 0.05) is 23.0 Å². The molecule has 128 valence electrons. The van der Waals surface area contributed by atoms with Gasteiger partial charge in [-0.05, 0) is 61.3 Å². The van der Waals surface area contributed by atoms with E-state index in [2.05, 4.69) is 23.6 Å². The quantitative estimate of drug-likeness (QED) is 0.885. The Hall–Kier alpha value is -1.81. The minimum Gasteiger partial charge on any atom is -0.364 e. The Labute approximate surface area is 143 Å². The second kappa shape index (κ2) is 5.92. The molecule has 2 atom stereocenters. The van der Waals surface area contributed by atoms with Crippen LogP contribution in [-0.2, 0) is 12.8 Å². The molecule has 1 aromatic carbocycles. The van der Waals surface area contributed by atoms with E-state index in [1.807, 2.05) is 6.07 Å². The number of nitrogens with zero attached hydrogens (tertiary/aromatic N) is 1. The van der Waals surface area contributed by atoms with Gasteiger partial charge >= 0.3 is 0 Å². The molecule has 1 amide bonds. The molecule has 4 rings (SSSR count). The Bertz CT molecular complexity index is 788. The fourth-order valence-corrected chi connectivity index (χ4v) is 4.36. The molecule has 2 unspecified atom stereocenters. The van der Waals surface area contributed by atoms with Gasteiger partial charge in [-0.25, -0.2) is 0 Å². The number of rotatable bonds is 5. The first kappa shape index (κ1) is 15.7. The Morgan fingerprint density at radius 3 is 2.79 bits per heavy atom. The Kier molecular flexibility index (Phi) is 3.87. The highest BCUT2D eigenvalue weighted by Crippen LogP contribution is 2.40. The van der Waals surface area contributed by atoms with Gasteiger partial charge in [0.15, 0.2) is 0 Å². The third-order valence-corrected chi connectivity index (χ3v) is 5.87. The van der Waals surface area contributed by atoms with Gasteiger partial charge in [-0.2, -0.15) is 0 Å². The van der Waals surface area contributed by atoms with Gasteiger partial charge in [0.1, 0.15) is 5.69 Å². The van der Waals surface area contributed by atoms with Gasteiger partial charge in [0.2, 0.25) is 0 Å². The van der Waals surface area contributed by atoms with Crippen LogP contribution in [0.3, 0.4) is 0 Å². The van der Waals surface area contributed by atoms with Crippen LogP contribution in [-0.4, -0.2) is 16.5 Å². The van der Waals surface area contributed by atoms with Gasteiger partial charge in [-0.3, -0.25) is 4.79 Å². The molecule has 0 saturated heterocycles. The Morgan fingerprint density at radius 1 is 1.33 bits per heavy atom. The maximum Gasteiger partial charge on any atom is 0.265 e. The average Bonchev–Trinajstić information content (AvgIpc) is 3.29. The van der Waals surface area contributed by atoms with Crippen LogP contribution >= 0.6 is 0 Å². The van der Waals surface area contributed by atoms with Crippen molar-refractivity contribution in [1.29, 1.82) is 0 Å². The van der Waals surface area contributed by atoms with Crippen molar-refractivity contribution in [2.75, 3.05) is 0 Å². The van der Waals surface area contributed by atoms with Crippen LogP contribution in [0, 0.1) is 5.92 Å². The predicted octanol–water partition coefficient (Wildman–Crippen LogP) is 3.31. The smallest absolute Gasteiger partial charge is 0.265 e. The molecule has 4 heteroatoms. The molecule has 1 fully saturated rings. The number of aromatic nitrogens is 1. The van der Waals surface area contributed by atoms with Gasteiger partial charge in [0.25, 0.3) is 5.91 Å². The van der Waals surface area contributed by atoms with E-state index < -0.39 is 0 Å². The van der Waals surface area contributed by atoms with Gasteiger partial charge in [-0.15, -0.1) is 0 Å². The van der Waals surface area contributed by atoms with Gasteiger partial charge < -0.3 is 16.0 Å². The lowest BCUT2D eigenvalue weighted by Gasteiger charge is -2.24. The molecule has 24 heavy (non-hydrogen) atoms. The number of primary amides is 1. The highest BCUT2D eigenvalue weighted by molar-refractivity contribution is 5.99. The fourth-order valence-electron chi connectivity index (χ4n) is 4.36. The number of carbonyl (C=O) groups is 1. The number of carbonyl (C=O) groups excluding carboxylic acids is 1. The zero-order valence-electron chi connectivity index (χ0n) is 14.4. The summed E-state index contributed by atoms with van der Waals surface area (Å²) in [5, 5.41) is 1.19. The molecule has 0 aliphatic heterocycles. The topological polar surface area (TPSA) is 74.0 Å². The van der Waals surface area contributed by atoms with Gasteiger partial charge in [-0.1, -0.05) is 25.8 Å². The summed E-state index contributed by atoms with van der Waals surface area (Å²) in [4.78, 5) is 12.1. The Morgan fingerprint density at radius 2 is 2.12 bits per heavy atom. The van der Waals surface area contributed by atoms with E-state index in [9.17, 15) is 4.79 Å². The summed E-state index contributed by atoms with van der Waals surface area (Å²) < 4.78 is 2.22. The number of amides is 1. The fraction of sp³-hybridized carbons (Fsp3) is 0.550. The normalized spacial score (nSPS) is 21.7. The number of fused-ring (bicyclic) bond motifs is 3. The van der Waals surface area contributed by atoms with Crippen LogP contribution in [0.2, 0.25) is 0 Å². The maximum atomic E-state index is 12.1. The lowest BCUT2D eigenvalue weighted by atomic mass is 9.86. The van der Waals surface area contributed by atoms with E-state index in [4.69, 9.17) is 11.5 Å². The highest BCUT2D eigenvalue weighted by atomic mass is 16.1. The molecule has 2 aliphatic rings. The summed E-state index contributed by atoms with van der Waals surface area (Å²) in [6.45, 7) is 2.21. The van der Waals surface area contributed by atoms with E-state index >= 15 is 0 Å². The van der Waals surface area contributed by atoms with Crippen molar-refractivity contribution in [1.82, 2.24) is 4.57 Å². The zero-order valence-corrected chi connectivity index (χ0v) is 14.4. The SMILES string of the molecule is CCC(CC1CC1)n1c(C(N)=O)cc2c3c(ccc21)CCC(N)C3. The summed E-state index contributed by atoms with van der Waals surface area (Å²) in [6, 6.07) is 7.01. The third kappa shape index (κ3) is 2.63. The van der Waals surface area contributed by atoms with Gasteiger partial charge in [0.05, 0.1) is 0 Å². The molecule has 2 aromatic rings. The van der Waals surface area contributed by atoms with Crippen LogP contribution in [0.4, 0.5) is 0 Å².